The summed E-state index contributed by atoms with van der Waals surface area (Å²) < 4.78 is 12.6. The van der Waals surface area contributed by atoms with Crippen molar-refractivity contribution in [1.29, 1.82) is 0 Å². The van der Waals surface area contributed by atoms with Crippen LogP contribution in [-0.4, -0.2) is 50.4 Å². The minimum atomic E-state index is -1.13. The van der Waals surface area contributed by atoms with Crippen LogP contribution < -0.4 is 9.80 Å². The first-order valence-electron chi connectivity index (χ1n) is 10.7. The first-order chi connectivity index (χ1) is 14.6. The molecule has 2 fully saturated rings. The number of aliphatic hydroxyl groups is 1. The van der Waals surface area contributed by atoms with E-state index in [4.69, 9.17) is 16.6 Å². The molecule has 1 aliphatic carbocycles. The van der Waals surface area contributed by atoms with Crippen molar-refractivity contribution in [3.8, 4) is 0 Å². The number of halogens is 1. The molecule has 30 heavy (non-hydrogen) atoms. The highest BCUT2D eigenvalue weighted by Gasteiger charge is 2.47. The van der Waals surface area contributed by atoms with E-state index in [1.165, 1.54) is 5.56 Å². The molecule has 1 aromatic carbocycles. The Morgan fingerprint density at radius 3 is 2.67 bits per heavy atom. The number of benzene rings is 1. The first-order valence-corrected chi connectivity index (χ1v) is 12.4. The van der Waals surface area contributed by atoms with E-state index in [0.29, 0.717) is 22.6 Å². The Balaban J connectivity index is 1.36. The number of rotatable bonds is 4. The number of anilines is 2. The number of aromatic nitrogens is 2. The van der Waals surface area contributed by atoms with Crippen LogP contribution in [0, 0.1) is 0 Å². The van der Waals surface area contributed by atoms with Crippen LogP contribution >= 0.6 is 11.6 Å². The first kappa shape index (κ1) is 20.2. The molecule has 3 heterocycles. The minimum absolute atomic E-state index is 0.0788. The third kappa shape index (κ3) is 3.51. The van der Waals surface area contributed by atoms with E-state index in [2.05, 4.69) is 26.9 Å². The van der Waals surface area contributed by atoms with Gasteiger partial charge in [-0.05, 0) is 62.1 Å². The molecule has 3 aliphatic rings. The zero-order valence-corrected chi connectivity index (χ0v) is 18.5. The number of fused-ring (bicyclic) bond motifs is 1. The summed E-state index contributed by atoms with van der Waals surface area (Å²) in [7, 11) is -1.13. The van der Waals surface area contributed by atoms with Crippen molar-refractivity contribution in [1.82, 2.24) is 9.97 Å². The Bertz CT molecular complexity index is 945. The molecule has 2 aliphatic heterocycles. The molecule has 1 saturated carbocycles. The maximum absolute atomic E-state index is 12.6. The van der Waals surface area contributed by atoms with Gasteiger partial charge in [-0.25, -0.2) is 4.98 Å². The lowest BCUT2D eigenvalue weighted by atomic mass is 9.76. The molecule has 6 nitrogen and oxygen atoms in total. The summed E-state index contributed by atoms with van der Waals surface area (Å²) in [4.78, 5) is 14.5. The largest absolute Gasteiger partial charge is 0.394 e. The predicted octanol–water partition coefficient (Wildman–Crippen LogP) is 3.70. The van der Waals surface area contributed by atoms with Crippen molar-refractivity contribution >= 4 is 34.2 Å². The molecular formula is C22H27ClN4O2S. The van der Waals surface area contributed by atoms with E-state index in [1.54, 1.807) is 6.20 Å². The van der Waals surface area contributed by atoms with Crippen LogP contribution in [0.2, 0.25) is 5.02 Å². The van der Waals surface area contributed by atoms with Crippen molar-refractivity contribution in [2.75, 3.05) is 35.4 Å². The molecule has 1 N–H and O–H groups in total. The van der Waals surface area contributed by atoms with Crippen molar-refractivity contribution in [2.24, 2.45) is 0 Å². The maximum Gasteiger partial charge on any atom is 0.227 e. The average molecular weight is 447 g/mol. The fraction of sp³-hybridized carbons (Fsp3) is 0.545. The number of hydrogen-bond donors (Lipinski definition) is 1. The van der Waals surface area contributed by atoms with Gasteiger partial charge in [0.2, 0.25) is 5.95 Å². The van der Waals surface area contributed by atoms with Gasteiger partial charge in [-0.15, -0.1) is 0 Å². The van der Waals surface area contributed by atoms with Gasteiger partial charge in [0.1, 0.15) is 10.8 Å². The monoisotopic (exact) mass is 446 g/mol. The Morgan fingerprint density at radius 1 is 1.17 bits per heavy atom. The van der Waals surface area contributed by atoms with Crippen molar-refractivity contribution in [3.63, 3.8) is 0 Å². The van der Waals surface area contributed by atoms with E-state index >= 15 is 0 Å². The highest BCUT2D eigenvalue weighted by molar-refractivity contribution is 7.85. The molecule has 8 heteroatoms. The van der Waals surface area contributed by atoms with Gasteiger partial charge in [0, 0.05) is 18.1 Å². The molecule has 1 saturated heterocycles. The summed E-state index contributed by atoms with van der Waals surface area (Å²) in [5, 5.41) is 10.8. The molecular weight excluding hydrogens is 420 g/mol. The standard InChI is InChI=1S/C22H27ClN4O2S/c23-18-6-4-17(5-7-18)16-3-1-11-26(12-8-16)21-24-13-19-20(25-21)27(15-30(19)29)22(14-28)9-2-10-22/h4-7,13,16,28H,1-3,8-12,14-15H2/t16?,30-/m1/s1. The van der Waals surface area contributed by atoms with Crippen LogP contribution in [0.3, 0.4) is 0 Å². The van der Waals surface area contributed by atoms with Crippen molar-refractivity contribution < 1.29 is 9.32 Å². The zero-order valence-electron chi connectivity index (χ0n) is 17.0. The summed E-state index contributed by atoms with van der Waals surface area (Å²) in [6, 6.07) is 8.20. The summed E-state index contributed by atoms with van der Waals surface area (Å²) in [6.07, 6.45) is 7.92. The van der Waals surface area contributed by atoms with Crippen LogP contribution in [0.4, 0.5) is 11.8 Å². The fourth-order valence-electron chi connectivity index (χ4n) is 4.93. The SMILES string of the molecule is O=[S@@]1CN(C2(CO)CCC2)c2nc(N3CCCC(c4ccc(Cl)cc4)CC3)ncc21. The second kappa shape index (κ2) is 8.09. The Hall–Kier alpha value is -1.70. The lowest BCUT2D eigenvalue weighted by Crippen LogP contribution is -2.56. The third-order valence-corrected chi connectivity index (χ3v) is 8.50. The number of nitrogens with zero attached hydrogens (tertiary/aromatic N) is 4. The van der Waals surface area contributed by atoms with Crippen LogP contribution in [0.25, 0.3) is 0 Å². The van der Waals surface area contributed by atoms with Gasteiger partial charge < -0.3 is 14.9 Å². The molecule has 1 unspecified atom stereocenters. The van der Waals surface area contributed by atoms with Crippen LogP contribution in [-0.2, 0) is 10.8 Å². The van der Waals surface area contributed by atoms with E-state index < -0.39 is 10.8 Å². The predicted molar refractivity (Wildman–Crippen MR) is 120 cm³/mol. The molecule has 1 aromatic heterocycles. The van der Waals surface area contributed by atoms with Crippen LogP contribution in [0.1, 0.15) is 50.0 Å². The van der Waals surface area contributed by atoms with Gasteiger partial charge in [-0.3, -0.25) is 4.21 Å². The van der Waals surface area contributed by atoms with Gasteiger partial charge in [0.05, 0.1) is 29.1 Å². The smallest absolute Gasteiger partial charge is 0.227 e. The Kier molecular flexibility index (Phi) is 5.45. The van der Waals surface area contributed by atoms with Crippen molar-refractivity contribution in [3.05, 3.63) is 41.0 Å². The topological polar surface area (TPSA) is 69.6 Å². The van der Waals surface area contributed by atoms with Crippen LogP contribution in [0.15, 0.2) is 35.4 Å². The molecule has 2 aromatic rings. The lowest BCUT2D eigenvalue weighted by molar-refractivity contribution is 0.119. The van der Waals surface area contributed by atoms with E-state index in [9.17, 15) is 9.32 Å². The average Bonchev–Trinajstić information content (AvgIpc) is 2.91. The van der Waals surface area contributed by atoms with Gasteiger partial charge in [-0.1, -0.05) is 23.7 Å². The molecule has 2 atom stereocenters. The summed E-state index contributed by atoms with van der Waals surface area (Å²) >= 11 is 6.05. The summed E-state index contributed by atoms with van der Waals surface area (Å²) in [5.74, 6) is 2.39. The number of aliphatic hydroxyl groups excluding tert-OH is 1. The maximum atomic E-state index is 12.6. The highest BCUT2D eigenvalue weighted by atomic mass is 35.5. The number of hydrogen-bond acceptors (Lipinski definition) is 6. The Labute approximate surface area is 184 Å². The Morgan fingerprint density at radius 2 is 1.97 bits per heavy atom. The zero-order chi connectivity index (χ0) is 20.7. The van der Waals surface area contributed by atoms with E-state index in [0.717, 1.165) is 62.5 Å². The van der Waals surface area contributed by atoms with Crippen molar-refractivity contribution in [2.45, 2.75) is 54.9 Å². The quantitative estimate of drug-likeness (QED) is 0.772. The molecule has 160 valence electrons. The van der Waals surface area contributed by atoms with E-state index in [-0.39, 0.29) is 12.1 Å². The van der Waals surface area contributed by atoms with Crippen LogP contribution in [0.5, 0.6) is 0 Å². The highest BCUT2D eigenvalue weighted by Crippen LogP contribution is 2.44. The summed E-state index contributed by atoms with van der Waals surface area (Å²) in [5.41, 5.74) is 1.04. The minimum Gasteiger partial charge on any atom is -0.394 e. The van der Waals surface area contributed by atoms with Gasteiger partial charge in [0.15, 0.2) is 5.82 Å². The van der Waals surface area contributed by atoms with Gasteiger partial charge >= 0.3 is 0 Å². The van der Waals surface area contributed by atoms with E-state index in [1.807, 2.05) is 12.1 Å². The normalized spacial score (nSPS) is 25.5. The molecule has 0 radical (unpaired) electrons. The van der Waals surface area contributed by atoms with Gasteiger partial charge in [0.25, 0.3) is 0 Å². The molecule has 0 bridgehead atoms. The molecule has 0 spiro atoms. The lowest BCUT2D eigenvalue weighted by Gasteiger charge is -2.47. The molecule has 5 rings (SSSR count). The summed E-state index contributed by atoms with van der Waals surface area (Å²) in [6.45, 7) is 1.88. The fourth-order valence-corrected chi connectivity index (χ4v) is 6.36. The third-order valence-electron chi connectivity index (χ3n) is 6.97. The molecule has 0 amide bonds. The van der Waals surface area contributed by atoms with Gasteiger partial charge in [-0.2, -0.15) is 4.98 Å². The second-order valence-electron chi connectivity index (χ2n) is 8.66. The second-order valence-corrected chi connectivity index (χ2v) is 10.5.